The number of amides is 1. The Bertz CT molecular complexity index is 898. The Kier molecular flexibility index (Phi) is 5.87. The van der Waals surface area contributed by atoms with Crippen LogP contribution in [0, 0.1) is 6.92 Å². The van der Waals surface area contributed by atoms with E-state index in [0.29, 0.717) is 23.6 Å². The molecule has 1 N–H and O–H groups in total. The summed E-state index contributed by atoms with van der Waals surface area (Å²) in [6.45, 7) is 4.32. The molecule has 1 saturated heterocycles. The number of unbranched alkanes of at least 4 members (excludes halogenated alkanes) is 2. The van der Waals surface area contributed by atoms with Crippen molar-refractivity contribution < 1.29 is 23.8 Å². The van der Waals surface area contributed by atoms with Crippen molar-refractivity contribution in [3.63, 3.8) is 0 Å². The zero-order chi connectivity index (χ0) is 20.3. The monoisotopic (exact) mass is 383 g/mol. The molecular formula is C22H25NO5. The average Bonchev–Trinajstić information content (AvgIpc) is 3.30. The minimum atomic E-state index is -0.728. The van der Waals surface area contributed by atoms with Gasteiger partial charge in [-0.05, 0) is 49.2 Å². The summed E-state index contributed by atoms with van der Waals surface area (Å²) in [7, 11) is 1.56. The molecule has 0 spiro atoms. The van der Waals surface area contributed by atoms with Gasteiger partial charge in [0, 0.05) is 12.1 Å². The maximum absolute atomic E-state index is 12.8. The number of aliphatic hydroxyl groups is 1. The molecule has 1 atom stereocenters. The highest BCUT2D eigenvalue weighted by Crippen LogP contribution is 2.40. The van der Waals surface area contributed by atoms with Gasteiger partial charge in [-0.1, -0.05) is 19.8 Å². The number of Topliss-reactive ketones (excluding diaryl/α,β-unsaturated/α-hetero) is 1. The van der Waals surface area contributed by atoms with Crippen LogP contribution >= 0.6 is 0 Å². The standard InChI is InChI=1S/C22H25NO5/c1-4-5-6-11-23-19(17-8-7-12-28-17)18(21(25)22(23)26)20(24)16-10-9-15(27-3)13-14(16)2/h7-10,12-13,19,24H,4-6,11H2,1-3H3/b20-18-. The lowest BCUT2D eigenvalue weighted by Gasteiger charge is -2.23. The molecule has 0 radical (unpaired) electrons. The van der Waals surface area contributed by atoms with E-state index in [1.54, 1.807) is 37.4 Å². The van der Waals surface area contributed by atoms with Crippen LogP contribution in [0.2, 0.25) is 0 Å². The number of carbonyl (C=O) groups excluding carboxylic acids is 2. The van der Waals surface area contributed by atoms with Crippen molar-refractivity contribution in [1.82, 2.24) is 4.90 Å². The van der Waals surface area contributed by atoms with Crippen LogP contribution in [0.15, 0.2) is 46.6 Å². The molecule has 2 heterocycles. The predicted octanol–water partition coefficient (Wildman–Crippen LogP) is 4.21. The lowest BCUT2D eigenvalue weighted by atomic mass is 9.97. The maximum Gasteiger partial charge on any atom is 0.295 e. The number of likely N-dealkylation sites (tertiary alicyclic amines) is 1. The van der Waals surface area contributed by atoms with Gasteiger partial charge in [0.2, 0.25) is 0 Å². The van der Waals surface area contributed by atoms with Crippen LogP contribution in [-0.4, -0.2) is 35.4 Å². The Labute approximate surface area is 164 Å². The van der Waals surface area contributed by atoms with Crippen LogP contribution in [0.1, 0.15) is 49.1 Å². The van der Waals surface area contributed by atoms with Crippen LogP contribution in [0.25, 0.3) is 5.76 Å². The number of hydrogen-bond acceptors (Lipinski definition) is 5. The van der Waals surface area contributed by atoms with E-state index >= 15 is 0 Å². The SMILES string of the molecule is CCCCCN1C(=O)C(=O)/C(=C(\O)c2ccc(OC)cc2C)C1c1ccco1. The molecule has 1 fully saturated rings. The Morgan fingerprint density at radius 1 is 1.25 bits per heavy atom. The summed E-state index contributed by atoms with van der Waals surface area (Å²) in [6.07, 6.45) is 4.23. The van der Waals surface area contributed by atoms with E-state index in [9.17, 15) is 14.7 Å². The summed E-state index contributed by atoms with van der Waals surface area (Å²) in [4.78, 5) is 27.0. The molecule has 1 aliphatic rings. The molecule has 28 heavy (non-hydrogen) atoms. The van der Waals surface area contributed by atoms with E-state index in [1.165, 1.54) is 11.2 Å². The minimum Gasteiger partial charge on any atom is -0.507 e. The number of aryl methyl sites for hydroxylation is 1. The number of benzene rings is 1. The van der Waals surface area contributed by atoms with Crippen LogP contribution < -0.4 is 4.74 Å². The molecule has 6 nitrogen and oxygen atoms in total. The second kappa shape index (κ2) is 8.33. The summed E-state index contributed by atoms with van der Waals surface area (Å²) in [5.74, 6) is -0.381. The number of ether oxygens (including phenoxy) is 1. The quantitative estimate of drug-likeness (QED) is 0.335. The fourth-order valence-electron chi connectivity index (χ4n) is 3.56. The fourth-order valence-corrected chi connectivity index (χ4v) is 3.56. The number of aliphatic hydroxyl groups excluding tert-OH is 1. The van der Waals surface area contributed by atoms with Crippen molar-refractivity contribution in [2.75, 3.05) is 13.7 Å². The molecule has 1 aromatic heterocycles. The molecule has 3 rings (SSSR count). The third-order valence-electron chi connectivity index (χ3n) is 5.04. The highest BCUT2D eigenvalue weighted by atomic mass is 16.5. The molecule has 0 bridgehead atoms. The minimum absolute atomic E-state index is 0.0599. The molecule has 6 heteroatoms. The molecule has 2 aromatic rings. The van der Waals surface area contributed by atoms with Crippen molar-refractivity contribution in [1.29, 1.82) is 0 Å². The highest BCUT2D eigenvalue weighted by molar-refractivity contribution is 6.46. The van der Waals surface area contributed by atoms with Crippen LogP contribution in [0.3, 0.4) is 0 Å². The zero-order valence-electron chi connectivity index (χ0n) is 16.4. The summed E-state index contributed by atoms with van der Waals surface area (Å²) < 4.78 is 10.7. The van der Waals surface area contributed by atoms with Gasteiger partial charge in [0.1, 0.15) is 23.3 Å². The topological polar surface area (TPSA) is 80.0 Å². The van der Waals surface area contributed by atoms with Gasteiger partial charge in [-0.25, -0.2) is 0 Å². The predicted molar refractivity (Wildman–Crippen MR) is 105 cm³/mol. The van der Waals surface area contributed by atoms with Gasteiger partial charge in [0.05, 0.1) is 18.9 Å². The zero-order valence-corrected chi connectivity index (χ0v) is 16.4. The number of nitrogens with zero attached hydrogens (tertiary/aromatic N) is 1. The van der Waals surface area contributed by atoms with E-state index < -0.39 is 17.7 Å². The molecule has 148 valence electrons. The van der Waals surface area contributed by atoms with E-state index in [2.05, 4.69) is 6.92 Å². The highest BCUT2D eigenvalue weighted by Gasteiger charge is 2.47. The fraction of sp³-hybridized carbons (Fsp3) is 0.364. The first-order valence-electron chi connectivity index (χ1n) is 9.46. The summed E-state index contributed by atoms with van der Waals surface area (Å²) in [6, 6.07) is 7.87. The second-order valence-corrected chi connectivity index (χ2v) is 6.90. The molecule has 1 unspecified atom stereocenters. The third-order valence-corrected chi connectivity index (χ3v) is 5.04. The van der Waals surface area contributed by atoms with E-state index in [0.717, 1.165) is 24.8 Å². The Morgan fingerprint density at radius 3 is 2.64 bits per heavy atom. The molecule has 1 aliphatic heterocycles. The Morgan fingerprint density at radius 2 is 2.04 bits per heavy atom. The molecule has 1 aromatic carbocycles. The molecule has 0 saturated carbocycles. The largest absolute Gasteiger partial charge is 0.507 e. The van der Waals surface area contributed by atoms with Crippen molar-refractivity contribution in [2.24, 2.45) is 0 Å². The second-order valence-electron chi connectivity index (χ2n) is 6.90. The van der Waals surface area contributed by atoms with E-state index in [-0.39, 0.29) is 11.3 Å². The van der Waals surface area contributed by atoms with Gasteiger partial charge in [0.25, 0.3) is 11.7 Å². The molecule has 0 aliphatic carbocycles. The average molecular weight is 383 g/mol. The first-order chi connectivity index (χ1) is 13.5. The number of methoxy groups -OCH3 is 1. The first kappa shape index (κ1) is 19.7. The smallest absolute Gasteiger partial charge is 0.295 e. The number of carbonyl (C=O) groups is 2. The number of ketones is 1. The van der Waals surface area contributed by atoms with Gasteiger partial charge in [-0.3, -0.25) is 9.59 Å². The van der Waals surface area contributed by atoms with Crippen LogP contribution in [0.5, 0.6) is 5.75 Å². The molecular weight excluding hydrogens is 358 g/mol. The van der Waals surface area contributed by atoms with Crippen LogP contribution in [0.4, 0.5) is 0 Å². The van der Waals surface area contributed by atoms with Gasteiger partial charge in [-0.15, -0.1) is 0 Å². The number of rotatable bonds is 7. The Balaban J connectivity index is 2.09. The first-order valence-corrected chi connectivity index (χ1v) is 9.46. The number of furan rings is 1. The Hall–Kier alpha value is -3.02. The van der Waals surface area contributed by atoms with Crippen molar-refractivity contribution in [2.45, 2.75) is 39.2 Å². The van der Waals surface area contributed by atoms with Gasteiger partial charge in [0.15, 0.2) is 0 Å². The summed E-state index contributed by atoms with van der Waals surface area (Å²) in [5.41, 5.74) is 1.29. The lowest BCUT2D eigenvalue weighted by molar-refractivity contribution is -0.140. The normalized spacial score (nSPS) is 18.7. The van der Waals surface area contributed by atoms with Gasteiger partial charge < -0.3 is 19.2 Å². The maximum atomic E-state index is 12.8. The van der Waals surface area contributed by atoms with Crippen molar-refractivity contribution in [3.05, 3.63) is 59.1 Å². The van der Waals surface area contributed by atoms with Gasteiger partial charge in [-0.2, -0.15) is 0 Å². The van der Waals surface area contributed by atoms with E-state index in [4.69, 9.17) is 9.15 Å². The van der Waals surface area contributed by atoms with E-state index in [1.807, 2.05) is 6.92 Å². The lowest BCUT2D eigenvalue weighted by Crippen LogP contribution is -2.30. The number of hydrogen-bond donors (Lipinski definition) is 1. The molecule has 1 amide bonds. The van der Waals surface area contributed by atoms with Crippen LogP contribution in [-0.2, 0) is 9.59 Å². The third kappa shape index (κ3) is 3.54. The summed E-state index contributed by atoms with van der Waals surface area (Å²) >= 11 is 0. The van der Waals surface area contributed by atoms with Crippen molar-refractivity contribution in [3.8, 4) is 5.75 Å². The summed E-state index contributed by atoms with van der Waals surface area (Å²) in [5, 5.41) is 11.0. The van der Waals surface area contributed by atoms with Crippen molar-refractivity contribution >= 4 is 17.4 Å². The van der Waals surface area contributed by atoms with Gasteiger partial charge >= 0.3 is 0 Å².